The lowest BCUT2D eigenvalue weighted by Crippen LogP contribution is -2.28. The molecule has 2 aromatic rings. The van der Waals surface area contributed by atoms with Gasteiger partial charge in [-0.3, -0.25) is 0 Å². The molecule has 22 heavy (non-hydrogen) atoms. The van der Waals surface area contributed by atoms with Gasteiger partial charge in [0.15, 0.2) is 0 Å². The lowest BCUT2D eigenvalue weighted by molar-refractivity contribution is 0.0539. The van der Waals surface area contributed by atoms with Crippen molar-refractivity contribution in [1.29, 1.82) is 0 Å². The Kier molecular flexibility index (Phi) is 3.54. The number of aromatic nitrogens is 1. The van der Waals surface area contributed by atoms with E-state index in [4.69, 9.17) is 4.74 Å². The first-order valence-corrected chi connectivity index (χ1v) is 8.15. The molecule has 1 aliphatic rings. The first-order valence-electron chi connectivity index (χ1n) is 8.15. The fourth-order valence-corrected chi connectivity index (χ4v) is 2.85. The maximum absolute atomic E-state index is 12.7. The van der Waals surface area contributed by atoms with Gasteiger partial charge in [-0.2, -0.15) is 0 Å². The first-order chi connectivity index (χ1) is 10.3. The van der Waals surface area contributed by atoms with Crippen molar-refractivity contribution < 1.29 is 9.53 Å². The van der Waals surface area contributed by atoms with Crippen molar-refractivity contribution in [3.05, 3.63) is 35.5 Å². The predicted octanol–water partition coefficient (Wildman–Crippen LogP) is 5.43. The van der Waals surface area contributed by atoms with Gasteiger partial charge >= 0.3 is 6.09 Å². The summed E-state index contributed by atoms with van der Waals surface area (Å²) in [5.74, 6) is 0.943. The second kappa shape index (κ2) is 5.15. The van der Waals surface area contributed by atoms with E-state index >= 15 is 0 Å². The maximum atomic E-state index is 12.7. The summed E-state index contributed by atoms with van der Waals surface area (Å²) in [6.07, 6.45) is 2.24. The number of fused-ring (bicyclic) bond motifs is 1. The number of nitrogens with zero attached hydrogens (tertiary/aromatic N) is 1. The zero-order chi connectivity index (χ0) is 16.1. The molecule has 3 rings (SSSR count). The largest absolute Gasteiger partial charge is 0.443 e. The van der Waals surface area contributed by atoms with E-state index in [1.54, 1.807) is 4.57 Å². The zero-order valence-corrected chi connectivity index (χ0v) is 14.1. The Hall–Kier alpha value is -1.77. The number of carbonyl (C=O) groups excluding carboxylic acids is 1. The fraction of sp³-hybridized carbons (Fsp3) is 0.526. The van der Waals surface area contributed by atoms with Crippen LogP contribution in [0.1, 0.15) is 70.6 Å². The molecule has 0 radical (unpaired) electrons. The molecule has 3 nitrogen and oxygen atoms in total. The third-order valence-electron chi connectivity index (χ3n) is 4.07. The number of rotatable bonds is 2. The van der Waals surface area contributed by atoms with Crippen molar-refractivity contribution in [2.24, 2.45) is 0 Å². The molecular formula is C19H25NO2. The predicted molar refractivity (Wildman–Crippen MR) is 89.6 cm³/mol. The Balaban J connectivity index is 2.12. The van der Waals surface area contributed by atoms with Crippen molar-refractivity contribution in [1.82, 2.24) is 4.57 Å². The third-order valence-corrected chi connectivity index (χ3v) is 4.07. The number of hydrogen-bond donors (Lipinski definition) is 0. The fourth-order valence-electron chi connectivity index (χ4n) is 2.85. The van der Waals surface area contributed by atoms with Crippen molar-refractivity contribution in [3.63, 3.8) is 0 Å². The molecule has 1 aromatic heterocycles. The lowest BCUT2D eigenvalue weighted by atomic mass is 10.1. The Bertz CT molecular complexity index is 715. The summed E-state index contributed by atoms with van der Waals surface area (Å²) in [4.78, 5) is 12.7. The van der Waals surface area contributed by atoms with Gasteiger partial charge in [0, 0.05) is 11.1 Å². The minimum atomic E-state index is -0.490. The molecule has 0 aliphatic heterocycles. The number of benzene rings is 1. The molecular weight excluding hydrogens is 274 g/mol. The van der Waals surface area contributed by atoms with Crippen LogP contribution < -0.4 is 0 Å². The van der Waals surface area contributed by atoms with E-state index in [2.05, 4.69) is 38.1 Å². The van der Waals surface area contributed by atoms with Crippen LogP contribution in [-0.4, -0.2) is 16.3 Å². The minimum absolute atomic E-state index is 0.268. The van der Waals surface area contributed by atoms with Gasteiger partial charge in [0.1, 0.15) is 5.60 Å². The lowest BCUT2D eigenvalue weighted by Gasteiger charge is -2.21. The van der Waals surface area contributed by atoms with E-state index in [0.29, 0.717) is 5.92 Å². The van der Waals surface area contributed by atoms with E-state index < -0.39 is 5.60 Å². The zero-order valence-electron chi connectivity index (χ0n) is 14.1. The van der Waals surface area contributed by atoms with Gasteiger partial charge in [0.05, 0.1) is 5.52 Å². The molecule has 3 heteroatoms. The standard InChI is InChI=1S/C19H25NO2/c1-12(2)16-11-15-9-8-14(13-6-7-13)10-17(15)20(16)18(21)22-19(3,4)5/h8-13H,6-7H2,1-5H3. The van der Waals surface area contributed by atoms with Gasteiger partial charge in [-0.05, 0) is 63.1 Å². The topological polar surface area (TPSA) is 31.2 Å². The second-order valence-electron chi connectivity index (χ2n) is 7.63. The molecule has 0 saturated heterocycles. The highest BCUT2D eigenvalue weighted by Crippen LogP contribution is 2.41. The highest BCUT2D eigenvalue weighted by atomic mass is 16.6. The van der Waals surface area contributed by atoms with Crippen molar-refractivity contribution >= 4 is 17.0 Å². The van der Waals surface area contributed by atoms with E-state index in [0.717, 1.165) is 16.6 Å². The first kappa shape index (κ1) is 15.1. The van der Waals surface area contributed by atoms with Crippen LogP contribution in [0.4, 0.5) is 4.79 Å². The van der Waals surface area contributed by atoms with Crippen LogP contribution in [0.2, 0.25) is 0 Å². The summed E-state index contributed by atoms with van der Waals surface area (Å²) < 4.78 is 7.38. The maximum Gasteiger partial charge on any atom is 0.419 e. The molecule has 0 bridgehead atoms. The molecule has 0 N–H and O–H groups in total. The SMILES string of the molecule is CC(C)c1cc2ccc(C3CC3)cc2n1C(=O)OC(C)(C)C. The molecule has 0 atom stereocenters. The summed E-state index contributed by atoms with van der Waals surface area (Å²) in [7, 11) is 0. The highest BCUT2D eigenvalue weighted by molar-refractivity contribution is 5.91. The van der Waals surface area contributed by atoms with Crippen LogP contribution in [0.15, 0.2) is 24.3 Å². The Morgan fingerprint density at radius 2 is 1.91 bits per heavy atom. The van der Waals surface area contributed by atoms with E-state index in [-0.39, 0.29) is 12.0 Å². The Labute approximate surface area is 132 Å². The van der Waals surface area contributed by atoms with Crippen LogP contribution in [-0.2, 0) is 4.74 Å². The summed E-state index contributed by atoms with van der Waals surface area (Å²) >= 11 is 0. The van der Waals surface area contributed by atoms with E-state index in [9.17, 15) is 4.79 Å². The van der Waals surface area contributed by atoms with Crippen molar-refractivity contribution in [3.8, 4) is 0 Å². The quantitative estimate of drug-likeness (QED) is 0.741. The van der Waals surface area contributed by atoms with E-state index in [1.165, 1.54) is 18.4 Å². The molecule has 1 aliphatic carbocycles. The summed E-state index contributed by atoms with van der Waals surface area (Å²) in [6, 6.07) is 8.61. The minimum Gasteiger partial charge on any atom is -0.443 e. The average Bonchev–Trinajstić information content (AvgIpc) is 3.15. The second-order valence-corrected chi connectivity index (χ2v) is 7.63. The van der Waals surface area contributed by atoms with E-state index in [1.807, 2.05) is 20.8 Å². The van der Waals surface area contributed by atoms with Gasteiger partial charge in [-0.15, -0.1) is 0 Å². The molecule has 1 fully saturated rings. The van der Waals surface area contributed by atoms with Gasteiger partial charge in [0.2, 0.25) is 0 Å². The van der Waals surface area contributed by atoms with Crippen LogP contribution in [0.5, 0.6) is 0 Å². The van der Waals surface area contributed by atoms with Crippen molar-refractivity contribution in [2.75, 3.05) is 0 Å². The number of hydrogen-bond acceptors (Lipinski definition) is 2. The van der Waals surface area contributed by atoms with Crippen molar-refractivity contribution in [2.45, 2.75) is 64.9 Å². The van der Waals surface area contributed by atoms with Gasteiger partial charge in [-0.25, -0.2) is 9.36 Å². The summed E-state index contributed by atoms with van der Waals surface area (Å²) in [5.41, 5.74) is 2.83. The number of carbonyl (C=O) groups is 1. The average molecular weight is 299 g/mol. The highest BCUT2D eigenvalue weighted by Gasteiger charge is 2.26. The number of ether oxygens (including phenoxy) is 1. The molecule has 0 spiro atoms. The monoisotopic (exact) mass is 299 g/mol. The molecule has 1 heterocycles. The molecule has 0 unspecified atom stereocenters. The van der Waals surface area contributed by atoms with Gasteiger partial charge < -0.3 is 4.74 Å². The molecule has 0 amide bonds. The Morgan fingerprint density at radius 1 is 1.23 bits per heavy atom. The normalized spacial score (nSPS) is 15.5. The van der Waals surface area contributed by atoms with Crippen LogP contribution in [0, 0.1) is 0 Å². The Morgan fingerprint density at radius 3 is 2.45 bits per heavy atom. The molecule has 1 saturated carbocycles. The van der Waals surface area contributed by atoms with Crippen LogP contribution in [0.3, 0.4) is 0 Å². The molecule has 118 valence electrons. The van der Waals surface area contributed by atoms with Crippen LogP contribution in [0.25, 0.3) is 10.9 Å². The smallest absolute Gasteiger partial charge is 0.419 e. The van der Waals surface area contributed by atoms with Gasteiger partial charge in [-0.1, -0.05) is 26.0 Å². The summed E-state index contributed by atoms with van der Waals surface area (Å²) in [6.45, 7) is 9.93. The van der Waals surface area contributed by atoms with Gasteiger partial charge in [0.25, 0.3) is 0 Å². The molecule has 1 aromatic carbocycles. The third kappa shape index (κ3) is 2.90. The van der Waals surface area contributed by atoms with Crippen LogP contribution >= 0.6 is 0 Å². The summed E-state index contributed by atoms with van der Waals surface area (Å²) in [5, 5.41) is 1.11.